The number of aromatic amines is 1. The van der Waals surface area contributed by atoms with Crippen molar-refractivity contribution in [2.45, 2.75) is 70.6 Å². The molecule has 0 spiro atoms. The number of carbonyl (C=O) groups is 1. The normalized spacial score (nSPS) is 12.7. The van der Waals surface area contributed by atoms with Gasteiger partial charge in [0.25, 0.3) is 0 Å². The third kappa shape index (κ3) is 9.90. The average molecular weight is 616 g/mol. The number of aromatic carboxylic acids is 1. The number of nitrogens with zero attached hydrogens (tertiary/aromatic N) is 2. The first kappa shape index (κ1) is 32.7. The van der Waals surface area contributed by atoms with Crippen molar-refractivity contribution in [1.82, 2.24) is 15.2 Å². The SMILES string of the molecule is C[Si](C)(C)CCOCOc1cc(CC(F)(F)F)c(-c2cc3[nH]nc(C(=O)O)c3c(COCC[Si](C)(C)C)n2)cc1F. The van der Waals surface area contributed by atoms with Crippen molar-refractivity contribution in [3.8, 4) is 17.0 Å². The zero-order chi connectivity index (χ0) is 30.6. The van der Waals surface area contributed by atoms with Crippen molar-refractivity contribution in [3.63, 3.8) is 0 Å². The maximum Gasteiger partial charge on any atom is 0.393 e. The number of pyridine rings is 1. The van der Waals surface area contributed by atoms with E-state index >= 15 is 4.39 Å². The molecule has 2 aromatic heterocycles. The summed E-state index contributed by atoms with van der Waals surface area (Å²) in [5, 5.41) is 16.2. The molecule has 0 amide bonds. The fraction of sp³-hybridized carbons (Fsp3) is 0.519. The van der Waals surface area contributed by atoms with E-state index in [4.69, 9.17) is 14.2 Å². The average Bonchev–Trinajstić information content (AvgIpc) is 3.25. The van der Waals surface area contributed by atoms with E-state index in [-0.39, 0.29) is 58.3 Å². The monoisotopic (exact) mass is 615 g/mol. The van der Waals surface area contributed by atoms with Crippen LogP contribution in [0.15, 0.2) is 18.2 Å². The van der Waals surface area contributed by atoms with Gasteiger partial charge in [-0.15, -0.1) is 0 Å². The number of nitrogens with one attached hydrogen (secondary N) is 1. The number of fused-ring (bicyclic) bond motifs is 1. The van der Waals surface area contributed by atoms with E-state index in [0.29, 0.717) is 13.2 Å². The molecule has 0 bridgehead atoms. The Bertz CT molecular complexity index is 1370. The molecule has 41 heavy (non-hydrogen) atoms. The molecule has 0 unspecified atom stereocenters. The number of H-pyrrole nitrogens is 1. The predicted octanol–water partition coefficient (Wildman–Crippen LogP) is 7.11. The summed E-state index contributed by atoms with van der Waals surface area (Å²) in [5.41, 5.74) is -0.241. The summed E-state index contributed by atoms with van der Waals surface area (Å²) in [4.78, 5) is 16.2. The number of benzene rings is 1. The summed E-state index contributed by atoms with van der Waals surface area (Å²) < 4.78 is 72.4. The van der Waals surface area contributed by atoms with Crippen LogP contribution in [0.25, 0.3) is 22.2 Å². The van der Waals surface area contributed by atoms with Gasteiger partial charge in [0.05, 0.1) is 35.3 Å². The third-order valence-electron chi connectivity index (χ3n) is 6.18. The number of ether oxygens (including phenoxy) is 3. The number of halogens is 4. The Morgan fingerprint density at radius 2 is 1.63 bits per heavy atom. The molecule has 3 rings (SSSR count). The second-order valence-electron chi connectivity index (χ2n) is 12.3. The van der Waals surface area contributed by atoms with Crippen LogP contribution in [0.1, 0.15) is 21.7 Å². The lowest BCUT2D eigenvalue weighted by atomic mass is 9.99. The molecule has 0 radical (unpaired) electrons. The Morgan fingerprint density at radius 3 is 2.22 bits per heavy atom. The van der Waals surface area contributed by atoms with Gasteiger partial charge in [-0.2, -0.15) is 18.3 Å². The van der Waals surface area contributed by atoms with Gasteiger partial charge in [0.15, 0.2) is 24.1 Å². The zero-order valence-corrected chi connectivity index (χ0v) is 26.2. The Kier molecular flexibility index (Phi) is 10.4. The van der Waals surface area contributed by atoms with Crippen LogP contribution in [0, 0.1) is 5.82 Å². The summed E-state index contributed by atoms with van der Waals surface area (Å²) in [6.45, 7) is 13.4. The fourth-order valence-electron chi connectivity index (χ4n) is 3.92. The lowest BCUT2D eigenvalue weighted by Gasteiger charge is -2.18. The van der Waals surface area contributed by atoms with Crippen LogP contribution in [0.3, 0.4) is 0 Å². The van der Waals surface area contributed by atoms with Crippen molar-refractivity contribution in [3.05, 3.63) is 41.0 Å². The Morgan fingerprint density at radius 1 is 1.00 bits per heavy atom. The number of aromatic nitrogens is 3. The molecule has 3 aromatic rings. The first-order valence-electron chi connectivity index (χ1n) is 13.2. The van der Waals surface area contributed by atoms with E-state index in [9.17, 15) is 23.1 Å². The molecule has 0 aliphatic heterocycles. The largest absolute Gasteiger partial charge is 0.476 e. The van der Waals surface area contributed by atoms with Crippen molar-refractivity contribution >= 4 is 33.0 Å². The molecule has 2 N–H and O–H groups in total. The fourth-order valence-corrected chi connectivity index (χ4v) is 5.43. The smallest absolute Gasteiger partial charge is 0.393 e. The van der Waals surface area contributed by atoms with E-state index in [0.717, 1.165) is 24.2 Å². The van der Waals surface area contributed by atoms with Gasteiger partial charge in [-0.05, 0) is 35.9 Å². The molecule has 0 aliphatic carbocycles. The lowest BCUT2D eigenvalue weighted by molar-refractivity contribution is -0.127. The summed E-state index contributed by atoms with van der Waals surface area (Å²) in [6.07, 6.45) is -5.96. The molecule has 0 saturated heterocycles. The summed E-state index contributed by atoms with van der Waals surface area (Å²) >= 11 is 0. The third-order valence-corrected chi connectivity index (χ3v) is 9.58. The van der Waals surface area contributed by atoms with Gasteiger partial charge in [-0.25, -0.2) is 14.2 Å². The minimum Gasteiger partial charge on any atom is -0.476 e. The predicted molar refractivity (Wildman–Crippen MR) is 153 cm³/mol. The van der Waals surface area contributed by atoms with E-state index in [1.165, 1.54) is 6.07 Å². The second-order valence-corrected chi connectivity index (χ2v) is 23.6. The maximum absolute atomic E-state index is 15.1. The van der Waals surface area contributed by atoms with Gasteiger partial charge < -0.3 is 19.3 Å². The second kappa shape index (κ2) is 13.0. The van der Waals surface area contributed by atoms with Crippen LogP contribution in [0.5, 0.6) is 5.75 Å². The summed E-state index contributed by atoms with van der Waals surface area (Å²) in [6, 6.07) is 5.00. The Labute approximate surface area is 238 Å². The number of hydrogen-bond acceptors (Lipinski definition) is 6. The lowest BCUT2D eigenvalue weighted by Crippen LogP contribution is -2.22. The highest BCUT2D eigenvalue weighted by atomic mass is 28.3. The Balaban J connectivity index is 1.99. The topological polar surface area (TPSA) is 107 Å². The molecular weight excluding hydrogens is 578 g/mol. The van der Waals surface area contributed by atoms with Gasteiger partial charge in [0.2, 0.25) is 0 Å². The van der Waals surface area contributed by atoms with Gasteiger partial charge in [0.1, 0.15) is 0 Å². The molecule has 1 aromatic carbocycles. The molecule has 0 fully saturated rings. The van der Waals surface area contributed by atoms with E-state index in [1.807, 2.05) is 0 Å². The van der Waals surface area contributed by atoms with Crippen LogP contribution in [0.4, 0.5) is 17.6 Å². The van der Waals surface area contributed by atoms with Crippen molar-refractivity contribution in [2.24, 2.45) is 0 Å². The van der Waals surface area contributed by atoms with Crippen molar-refractivity contribution < 1.29 is 41.7 Å². The highest BCUT2D eigenvalue weighted by molar-refractivity contribution is 6.76. The van der Waals surface area contributed by atoms with Gasteiger partial charge >= 0.3 is 12.1 Å². The number of alkyl halides is 3. The molecule has 14 heteroatoms. The van der Waals surface area contributed by atoms with Gasteiger partial charge in [-0.1, -0.05) is 39.3 Å². The van der Waals surface area contributed by atoms with Crippen LogP contribution in [-0.4, -0.2) is 68.6 Å². The minimum atomic E-state index is -4.60. The van der Waals surface area contributed by atoms with E-state index < -0.39 is 40.5 Å². The molecule has 2 heterocycles. The molecule has 0 aliphatic rings. The molecule has 0 atom stereocenters. The summed E-state index contributed by atoms with van der Waals surface area (Å²) in [7, 11) is -2.78. The standard InChI is InChI=1S/C27H37F4N3O5Si2/c1-40(2,3)9-7-37-15-22-24-21(33-34-25(24)26(35)36)13-20(32-22)18-12-19(28)23(11-17(18)14-27(29,30)31)39-16-38-8-10-41(4,5)6/h11-13H,7-10,14-16H2,1-6H3,(H,33,34)(H,35,36). The molecule has 8 nitrogen and oxygen atoms in total. The number of rotatable bonds is 14. The first-order valence-corrected chi connectivity index (χ1v) is 20.6. The minimum absolute atomic E-state index is 0.0120. The van der Waals surface area contributed by atoms with Gasteiger partial charge in [-0.3, -0.25) is 5.10 Å². The van der Waals surface area contributed by atoms with Crippen LogP contribution < -0.4 is 4.74 Å². The van der Waals surface area contributed by atoms with E-state index in [2.05, 4.69) is 54.5 Å². The van der Waals surface area contributed by atoms with Crippen molar-refractivity contribution in [1.29, 1.82) is 0 Å². The number of carboxylic acids is 1. The summed E-state index contributed by atoms with van der Waals surface area (Å²) in [5.74, 6) is -2.55. The number of hydrogen-bond donors (Lipinski definition) is 2. The van der Waals surface area contributed by atoms with Crippen LogP contribution >= 0.6 is 0 Å². The van der Waals surface area contributed by atoms with Crippen LogP contribution in [-0.2, 0) is 22.5 Å². The number of carboxylic acid groups (broad SMARTS) is 1. The van der Waals surface area contributed by atoms with E-state index in [1.54, 1.807) is 0 Å². The molecule has 0 saturated carbocycles. The Hall–Kier alpha value is -2.82. The molecular formula is C27H37F4N3O5Si2. The molecule has 226 valence electrons. The quantitative estimate of drug-likeness (QED) is 0.0861. The van der Waals surface area contributed by atoms with Crippen LogP contribution in [0.2, 0.25) is 51.4 Å². The maximum atomic E-state index is 15.1. The van der Waals surface area contributed by atoms with Crippen molar-refractivity contribution in [2.75, 3.05) is 20.0 Å². The van der Waals surface area contributed by atoms with Gasteiger partial charge in [0, 0.05) is 34.9 Å². The first-order chi connectivity index (χ1) is 18.9. The zero-order valence-electron chi connectivity index (χ0n) is 24.2. The highest BCUT2D eigenvalue weighted by Gasteiger charge is 2.31. The highest BCUT2D eigenvalue weighted by Crippen LogP contribution is 2.35.